The minimum absolute atomic E-state index is 0.232. The topological polar surface area (TPSA) is 84.5 Å². The van der Waals surface area contributed by atoms with E-state index in [2.05, 4.69) is 10.6 Å². The Bertz CT molecular complexity index is 909. The van der Waals surface area contributed by atoms with E-state index >= 15 is 0 Å². The molecule has 0 bridgehead atoms. The second kappa shape index (κ2) is 10.8. The third kappa shape index (κ3) is 7.21. The number of nitrogens with one attached hydrogen (secondary N) is 2. The zero-order valence-electron chi connectivity index (χ0n) is 16.3. The van der Waals surface area contributed by atoms with Gasteiger partial charge in [-0.2, -0.15) is 0 Å². The molecule has 0 aliphatic heterocycles. The lowest BCUT2D eigenvalue weighted by molar-refractivity contribution is -0.142. The van der Waals surface area contributed by atoms with Gasteiger partial charge in [-0.25, -0.2) is 9.18 Å². The van der Waals surface area contributed by atoms with Gasteiger partial charge in [0.15, 0.2) is 6.61 Å². The molecular formula is C22H23FN2O4. The minimum atomic E-state index is -0.786. The standard InChI is InChI=1S/C22H23FN2O4/c1-15(2)13-24-22(28)17-8-4-6-10-19(17)25-20(26)14-29-21(27)12-11-16-7-3-5-9-18(16)23/h3-12,15H,13-14H2,1-2H3,(H,24,28)(H,25,26)/b12-11+. The maximum Gasteiger partial charge on any atom is 0.331 e. The van der Waals surface area contributed by atoms with E-state index in [1.807, 2.05) is 13.8 Å². The minimum Gasteiger partial charge on any atom is -0.452 e. The second-order valence-electron chi connectivity index (χ2n) is 6.66. The quantitative estimate of drug-likeness (QED) is 0.527. The van der Waals surface area contributed by atoms with Crippen molar-refractivity contribution in [2.45, 2.75) is 13.8 Å². The Morgan fingerprint density at radius 3 is 2.48 bits per heavy atom. The van der Waals surface area contributed by atoms with Crippen molar-refractivity contribution in [3.63, 3.8) is 0 Å². The van der Waals surface area contributed by atoms with Gasteiger partial charge in [0.2, 0.25) is 0 Å². The normalized spacial score (nSPS) is 10.8. The number of para-hydroxylation sites is 1. The lowest BCUT2D eigenvalue weighted by Gasteiger charge is -2.12. The van der Waals surface area contributed by atoms with E-state index in [0.29, 0.717) is 17.8 Å². The number of amides is 2. The number of rotatable bonds is 8. The van der Waals surface area contributed by atoms with Gasteiger partial charge < -0.3 is 15.4 Å². The summed E-state index contributed by atoms with van der Waals surface area (Å²) in [6.45, 7) is 3.92. The SMILES string of the molecule is CC(C)CNC(=O)c1ccccc1NC(=O)COC(=O)/C=C/c1ccccc1F. The first kappa shape index (κ1) is 21.8. The van der Waals surface area contributed by atoms with Crippen molar-refractivity contribution >= 4 is 29.5 Å². The molecular weight excluding hydrogens is 375 g/mol. The zero-order valence-corrected chi connectivity index (χ0v) is 16.3. The number of benzene rings is 2. The van der Waals surface area contributed by atoms with Crippen molar-refractivity contribution in [1.82, 2.24) is 5.32 Å². The molecule has 0 spiro atoms. The van der Waals surface area contributed by atoms with Crippen molar-refractivity contribution in [3.8, 4) is 0 Å². The largest absolute Gasteiger partial charge is 0.452 e. The molecule has 0 saturated heterocycles. The fourth-order valence-electron chi connectivity index (χ4n) is 2.32. The van der Waals surface area contributed by atoms with Crippen LogP contribution in [-0.2, 0) is 14.3 Å². The Balaban J connectivity index is 1.90. The van der Waals surface area contributed by atoms with Crippen molar-refractivity contribution in [2.24, 2.45) is 5.92 Å². The highest BCUT2D eigenvalue weighted by molar-refractivity contribution is 6.04. The molecule has 152 valence electrons. The Morgan fingerprint density at radius 2 is 1.76 bits per heavy atom. The maximum atomic E-state index is 13.5. The molecule has 2 aromatic rings. The van der Waals surface area contributed by atoms with Gasteiger partial charge in [0, 0.05) is 18.2 Å². The fourth-order valence-corrected chi connectivity index (χ4v) is 2.32. The average molecular weight is 398 g/mol. The first-order valence-electron chi connectivity index (χ1n) is 9.13. The highest BCUT2D eigenvalue weighted by Gasteiger charge is 2.14. The van der Waals surface area contributed by atoms with Gasteiger partial charge in [0.1, 0.15) is 5.82 Å². The summed E-state index contributed by atoms with van der Waals surface area (Å²) < 4.78 is 18.4. The van der Waals surface area contributed by atoms with Gasteiger partial charge in [0.25, 0.3) is 11.8 Å². The van der Waals surface area contributed by atoms with E-state index in [4.69, 9.17) is 4.74 Å². The Labute approximate surface area is 168 Å². The van der Waals surface area contributed by atoms with Crippen LogP contribution in [0.3, 0.4) is 0 Å². The van der Waals surface area contributed by atoms with E-state index in [-0.39, 0.29) is 17.4 Å². The number of hydrogen-bond acceptors (Lipinski definition) is 4. The van der Waals surface area contributed by atoms with Crippen LogP contribution in [0.5, 0.6) is 0 Å². The molecule has 7 heteroatoms. The van der Waals surface area contributed by atoms with E-state index in [1.165, 1.54) is 24.3 Å². The van der Waals surface area contributed by atoms with E-state index in [1.54, 1.807) is 30.3 Å². The third-order valence-electron chi connectivity index (χ3n) is 3.77. The summed E-state index contributed by atoms with van der Waals surface area (Å²) in [5.74, 6) is -1.87. The molecule has 6 nitrogen and oxygen atoms in total. The molecule has 0 saturated carbocycles. The van der Waals surface area contributed by atoms with Crippen LogP contribution in [0.1, 0.15) is 29.8 Å². The molecule has 0 unspecified atom stereocenters. The second-order valence-corrected chi connectivity index (χ2v) is 6.66. The highest BCUT2D eigenvalue weighted by atomic mass is 19.1. The summed E-state index contributed by atoms with van der Waals surface area (Å²) in [7, 11) is 0. The van der Waals surface area contributed by atoms with Gasteiger partial charge in [-0.05, 0) is 30.2 Å². The number of anilines is 1. The van der Waals surface area contributed by atoms with E-state index in [9.17, 15) is 18.8 Å². The first-order valence-corrected chi connectivity index (χ1v) is 9.13. The van der Waals surface area contributed by atoms with Crippen LogP contribution in [0, 0.1) is 11.7 Å². The van der Waals surface area contributed by atoms with Crippen LogP contribution in [-0.4, -0.2) is 30.9 Å². The predicted molar refractivity (Wildman–Crippen MR) is 109 cm³/mol. The predicted octanol–water partition coefficient (Wildman–Crippen LogP) is 3.41. The summed E-state index contributed by atoms with van der Waals surface area (Å²) in [4.78, 5) is 36.1. The van der Waals surface area contributed by atoms with Gasteiger partial charge in [0.05, 0.1) is 11.3 Å². The van der Waals surface area contributed by atoms with Crippen molar-refractivity contribution in [3.05, 3.63) is 71.6 Å². The Morgan fingerprint density at radius 1 is 1.07 bits per heavy atom. The first-order chi connectivity index (χ1) is 13.9. The molecule has 0 aliphatic carbocycles. The molecule has 0 aliphatic rings. The van der Waals surface area contributed by atoms with Crippen molar-refractivity contribution < 1.29 is 23.5 Å². The number of carbonyl (C=O) groups excluding carboxylic acids is 3. The van der Waals surface area contributed by atoms with Gasteiger partial charge in [-0.3, -0.25) is 9.59 Å². The molecule has 0 heterocycles. The van der Waals surface area contributed by atoms with Gasteiger partial charge in [-0.1, -0.05) is 44.2 Å². The number of hydrogen-bond donors (Lipinski definition) is 2. The lowest BCUT2D eigenvalue weighted by atomic mass is 10.1. The molecule has 29 heavy (non-hydrogen) atoms. The molecule has 0 atom stereocenters. The molecule has 0 aromatic heterocycles. The Hall–Kier alpha value is -3.48. The number of ether oxygens (including phenoxy) is 1. The number of halogens is 1. The molecule has 2 N–H and O–H groups in total. The summed E-state index contributed by atoms with van der Waals surface area (Å²) in [5, 5.41) is 5.34. The van der Waals surface area contributed by atoms with E-state index < -0.39 is 24.3 Å². The van der Waals surface area contributed by atoms with Crippen LogP contribution >= 0.6 is 0 Å². The highest BCUT2D eigenvalue weighted by Crippen LogP contribution is 2.15. The monoisotopic (exact) mass is 398 g/mol. The summed E-state index contributed by atoms with van der Waals surface area (Å²) in [6.07, 6.45) is 2.31. The van der Waals surface area contributed by atoms with Crippen LogP contribution in [0.2, 0.25) is 0 Å². The maximum absolute atomic E-state index is 13.5. The fraction of sp³-hybridized carbons (Fsp3) is 0.227. The van der Waals surface area contributed by atoms with E-state index in [0.717, 1.165) is 6.08 Å². The van der Waals surface area contributed by atoms with Gasteiger partial charge >= 0.3 is 5.97 Å². The smallest absolute Gasteiger partial charge is 0.331 e. The molecule has 0 fully saturated rings. The molecule has 2 amide bonds. The summed E-state index contributed by atoms with van der Waals surface area (Å²) >= 11 is 0. The van der Waals surface area contributed by atoms with Crippen LogP contribution in [0.15, 0.2) is 54.6 Å². The number of carbonyl (C=O) groups is 3. The molecule has 2 rings (SSSR count). The van der Waals surface area contributed by atoms with Gasteiger partial charge in [-0.15, -0.1) is 0 Å². The third-order valence-corrected chi connectivity index (χ3v) is 3.77. The summed E-state index contributed by atoms with van der Waals surface area (Å²) in [6, 6.07) is 12.5. The zero-order chi connectivity index (χ0) is 21.2. The Kier molecular flexibility index (Phi) is 8.09. The van der Waals surface area contributed by atoms with Crippen molar-refractivity contribution in [1.29, 1.82) is 0 Å². The molecule has 0 radical (unpaired) electrons. The van der Waals surface area contributed by atoms with Crippen LogP contribution in [0.25, 0.3) is 6.08 Å². The lowest BCUT2D eigenvalue weighted by Crippen LogP contribution is -2.29. The number of esters is 1. The van der Waals surface area contributed by atoms with Crippen LogP contribution < -0.4 is 10.6 Å². The molecule has 2 aromatic carbocycles. The summed E-state index contributed by atoms with van der Waals surface area (Å²) in [5.41, 5.74) is 0.860. The van der Waals surface area contributed by atoms with Crippen LogP contribution in [0.4, 0.5) is 10.1 Å². The van der Waals surface area contributed by atoms with Crippen molar-refractivity contribution in [2.75, 3.05) is 18.5 Å². The average Bonchev–Trinajstić information content (AvgIpc) is 2.70.